The highest BCUT2D eigenvalue weighted by Gasteiger charge is 2.11. The van der Waals surface area contributed by atoms with Crippen molar-refractivity contribution >= 4 is 29.0 Å². The van der Waals surface area contributed by atoms with Crippen LogP contribution in [0.15, 0.2) is 40.6 Å². The first-order valence-electron chi connectivity index (χ1n) is 6.35. The van der Waals surface area contributed by atoms with Crippen molar-refractivity contribution in [3.63, 3.8) is 0 Å². The number of benzene rings is 1. The van der Waals surface area contributed by atoms with Crippen LogP contribution in [0, 0.1) is 11.3 Å². The summed E-state index contributed by atoms with van der Waals surface area (Å²) in [6.07, 6.45) is 1.55. The molecule has 0 bridgehead atoms. The number of ether oxygens (including phenoxy) is 2. The summed E-state index contributed by atoms with van der Waals surface area (Å²) < 4.78 is 10.3. The summed E-state index contributed by atoms with van der Waals surface area (Å²) in [5, 5.41) is 15.5. The summed E-state index contributed by atoms with van der Waals surface area (Å²) in [5.74, 6) is 0.594. The van der Waals surface area contributed by atoms with Gasteiger partial charge in [-0.2, -0.15) is 16.6 Å². The predicted octanol–water partition coefficient (Wildman–Crippen LogP) is 3.31. The largest absolute Gasteiger partial charge is 0.493 e. The first-order chi connectivity index (χ1) is 10.7. The average Bonchev–Trinajstić information content (AvgIpc) is 3.05. The molecule has 2 rings (SSSR count). The molecule has 2 aromatic rings. The Morgan fingerprint density at radius 3 is 2.64 bits per heavy atom. The number of nitrogens with zero attached hydrogens (tertiary/aromatic N) is 1. The van der Waals surface area contributed by atoms with Gasteiger partial charge in [0, 0.05) is 11.8 Å². The van der Waals surface area contributed by atoms with Crippen molar-refractivity contribution in [2.75, 3.05) is 19.5 Å². The number of carbonyl (C=O) groups excluding carboxylic acids is 1. The van der Waals surface area contributed by atoms with Gasteiger partial charge in [-0.15, -0.1) is 0 Å². The molecule has 0 radical (unpaired) electrons. The van der Waals surface area contributed by atoms with E-state index in [1.165, 1.54) is 25.6 Å². The van der Waals surface area contributed by atoms with Crippen LogP contribution >= 0.6 is 11.3 Å². The lowest BCUT2D eigenvalue weighted by atomic mass is 10.2. The number of thiophene rings is 1. The fourth-order valence-electron chi connectivity index (χ4n) is 1.78. The zero-order chi connectivity index (χ0) is 15.9. The number of anilines is 1. The topological polar surface area (TPSA) is 71.3 Å². The van der Waals surface area contributed by atoms with Crippen LogP contribution in [0.5, 0.6) is 11.5 Å². The van der Waals surface area contributed by atoms with Crippen molar-refractivity contribution < 1.29 is 14.3 Å². The molecule has 0 aliphatic rings. The number of hydrogen-bond donors (Lipinski definition) is 1. The molecule has 0 saturated carbocycles. The Morgan fingerprint density at radius 1 is 1.27 bits per heavy atom. The lowest BCUT2D eigenvalue weighted by molar-refractivity contribution is -0.112. The molecule has 1 N–H and O–H groups in total. The molecule has 112 valence electrons. The Balaban J connectivity index is 2.19. The van der Waals surface area contributed by atoms with Crippen molar-refractivity contribution in [1.82, 2.24) is 0 Å². The van der Waals surface area contributed by atoms with Crippen LogP contribution in [-0.2, 0) is 4.79 Å². The maximum atomic E-state index is 12.2. The fraction of sp³-hybridized carbons (Fsp3) is 0.125. The molecule has 22 heavy (non-hydrogen) atoms. The third-order valence-corrected chi connectivity index (χ3v) is 3.56. The highest BCUT2D eigenvalue weighted by atomic mass is 32.1. The summed E-state index contributed by atoms with van der Waals surface area (Å²) in [6, 6.07) is 8.75. The quantitative estimate of drug-likeness (QED) is 0.679. The molecule has 0 saturated heterocycles. The maximum absolute atomic E-state index is 12.2. The average molecular weight is 314 g/mol. The maximum Gasteiger partial charge on any atom is 0.266 e. The van der Waals surface area contributed by atoms with Crippen molar-refractivity contribution in [3.05, 3.63) is 46.2 Å². The second-order valence-corrected chi connectivity index (χ2v) is 5.03. The summed E-state index contributed by atoms with van der Waals surface area (Å²) >= 11 is 1.50. The van der Waals surface area contributed by atoms with E-state index >= 15 is 0 Å². The van der Waals surface area contributed by atoms with Gasteiger partial charge in [-0.3, -0.25) is 4.79 Å². The zero-order valence-corrected chi connectivity index (χ0v) is 12.9. The fourth-order valence-corrected chi connectivity index (χ4v) is 2.40. The molecule has 0 atom stereocenters. The summed E-state index contributed by atoms with van der Waals surface area (Å²) in [7, 11) is 3.05. The molecular weight excluding hydrogens is 300 g/mol. The van der Waals surface area contributed by atoms with Crippen LogP contribution in [0.25, 0.3) is 6.08 Å². The standard InChI is InChI=1S/C16H14N2O3S/c1-20-14-4-3-13(8-15(14)21-2)18-16(19)12(9-17)7-11-5-6-22-10-11/h3-8,10H,1-2H3,(H,18,19). The summed E-state index contributed by atoms with van der Waals surface area (Å²) in [6.45, 7) is 0. The summed E-state index contributed by atoms with van der Waals surface area (Å²) in [5.41, 5.74) is 1.38. The SMILES string of the molecule is COc1ccc(NC(=O)C(C#N)=Cc2ccsc2)cc1OC. The third-order valence-electron chi connectivity index (χ3n) is 2.86. The van der Waals surface area contributed by atoms with Crippen LogP contribution in [0.4, 0.5) is 5.69 Å². The van der Waals surface area contributed by atoms with E-state index in [1.807, 2.05) is 22.9 Å². The predicted molar refractivity (Wildman–Crippen MR) is 86.1 cm³/mol. The lowest BCUT2D eigenvalue weighted by Crippen LogP contribution is -2.13. The van der Waals surface area contributed by atoms with Gasteiger partial charge in [0.15, 0.2) is 11.5 Å². The van der Waals surface area contributed by atoms with Gasteiger partial charge in [0.1, 0.15) is 11.6 Å². The molecule has 1 heterocycles. The number of rotatable bonds is 5. The number of methoxy groups -OCH3 is 2. The van der Waals surface area contributed by atoms with Gasteiger partial charge < -0.3 is 14.8 Å². The lowest BCUT2D eigenvalue weighted by Gasteiger charge is -2.10. The van der Waals surface area contributed by atoms with Gasteiger partial charge in [-0.25, -0.2) is 0 Å². The molecule has 1 amide bonds. The second-order valence-electron chi connectivity index (χ2n) is 4.25. The van der Waals surface area contributed by atoms with Crippen LogP contribution < -0.4 is 14.8 Å². The van der Waals surface area contributed by atoms with Crippen LogP contribution in [0.1, 0.15) is 5.56 Å². The smallest absolute Gasteiger partial charge is 0.266 e. The molecule has 0 unspecified atom stereocenters. The highest BCUT2D eigenvalue weighted by Crippen LogP contribution is 2.29. The van der Waals surface area contributed by atoms with E-state index in [4.69, 9.17) is 14.7 Å². The minimum atomic E-state index is -0.471. The van der Waals surface area contributed by atoms with Crippen molar-refractivity contribution in [2.45, 2.75) is 0 Å². The normalized spacial score (nSPS) is 10.7. The Morgan fingerprint density at radius 2 is 2.05 bits per heavy atom. The zero-order valence-electron chi connectivity index (χ0n) is 12.1. The van der Waals surface area contributed by atoms with E-state index in [2.05, 4.69) is 5.32 Å². The van der Waals surface area contributed by atoms with E-state index in [0.717, 1.165) is 5.56 Å². The van der Waals surface area contributed by atoms with E-state index in [1.54, 1.807) is 24.3 Å². The first-order valence-corrected chi connectivity index (χ1v) is 7.29. The Bertz CT molecular complexity index is 730. The van der Waals surface area contributed by atoms with Gasteiger partial charge >= 0.3 is 0 Å². The van der Waals surface area contributed by atoms with E-state index in [-0.39, 0.29) is 5.57 Å². The molecule has 0 aliphatic heterocycles. The van der Waals surface area contributed by atoms with Crippen LogP contribution in [0.2, 0.25) is 0 Å². The first kappa shape index (κ1) is 15.6. The summed E-state index contributed by atoms with van der Waals surface area (Å²) in [4.78, 5) is 12.2. The van der Waals surface area contributed by atoms with Crippen molar-refractivity contribution in [3.8, 4) is 17.6 Å². The van der Waals surface area contributed by atoms with Crippen LogP contribution in [0.3, 0.4) is 0 Å². The Labute approximate surface area is 132 Å². The number of amides is 1. The van der Waals surface area contributed by atoms with Gasteiger partial charge in [-0.1, -0.05) is 0 Å². The van der Waals surface area contributed by atoms with Gasteiger partial charge in [0.25, 0.3) is 5.91 Å². The van der Waals surface area contributed by atoms with Gasteiger partial charge in [-0.05, 0) is 40.6 Å². The number of nitrogens with one attached hydrogen (secondary N) is 1. The second kappa shape index (κ2) is 7.29. The molecule has 6 heteroatoms. The number of carbonyl (C=O) groups is 1. The molecular formula is C16H14N2O3S. The minimum absolute atomic E-state index is 0.0354. The van der Waals surface area contributed by atoms with Crippen LogP contribution in [-0.4, -0.2) is 20.1 Å². The number of nitriles is 1. The third kappa shape index (κ3) is 3.65. The Kier molecular flexibility index (Phi) is 5.17. The molecule has 0 aliphatic carbocycles. The van der Waals surface area contributed by atoms with Crippen molar-refractivity contribution in [2.24, 2.45) is 0 Å². The highest BCUT2D eigenvalue weighted by molar-refractivity contribution is 7.08. The number of hydrogen-bond acceptors (Lipinski definition) is 5. The van der Waals surface area contributed by atoms with Gasteiger partial charge in [0.05, 0.1) is 14.2 Å². The monoisotopic (exact) mass is 314 g/mol. The van der Waals surface area contributed by atoms with E-state index < -0.39 is 5.91 Å². The molecule has 5 nitrogen and oxygen atoms in total. The minimum Gasteiger partial charge on any atom is -0.493 e. The van der Waals surface area contributed by atoms with E-state index in [0.29, 0.717) is 17.2 Å². The van der Waals surface area contributed by atoms with Crippen molar-refractivity contribution in [1.29, 1.82) is 5.26 Å². The Hall–Kier alpha value is -2.78. The van der Waals surface area contributed by atoms with Gasteiger partial charge in [0.2, 0.25) is 0 Å². The molecule has 0 fully saturated rings. The van der Waals surface area contributed by atoms with E-state index in [9.17, 15) is 4.79 Å². The molecule has 1 aromatic heterocycles. The molecule has 1 aromatic carbocycles. The molecule has 0 spiro atoms.